The second-order valence-electron chi connectivity index (χ2n) is 5.12. The van der Waals surface area contributed by atoms with Gasteiger partial charge >= 0.3 is 0 Å². The molecule has 1 saturated heterocycles. The standard InChI is InChI=1S/C13H18Cl2N2O3S.ClH/c1-8-7-16-4-3-11(8)17-21(18,19)13-6-9(14)12(20-2)5-10(13)15;/h5-6,8,11,16-17H,3-4,7H2,1-2H3;1H. The second-order valence-corrected chi connectivity index (χ2v) is 7.61. The van der Waals surface area contributed by atoms with Gasteiger partial charge < -0.3 is 10.1 Å². The highest BCUT2D eigenvalue weighted by atomic mass is 35.5. The van der Waals surface area contributed by atoms with E-state index in [1.165, 1.54) is 19.2 Å². The highest BCUT2D eigenvalue weighted by molar-refractivity contribution is 7.89. The molecular formula is C13H19Cl3N2O3S. The van der Waals surface area contributed by atoms with Crippen molar-refractivity contribution in [3.05, 3.63) is 22.2 Å². The maximum absolute atomic E-state index is 12.5. The van der Waals surface area contributed by atoms with Crippen LogP contribution in [-0.4, -0.2) is 34.7 Å². The molecule has 0 aromatic heterocycles. The predicted molar refractivity (Wildman–Crippen MR) is 91.0 cm³/mol. The van der Waals surface area contributed by atoms with Crippen molar-refractivity contribution in [2.24, 2.45) is 5.92 Å². The van der Waals surface area contributed by atoms with Crippen molar-refractivity contribution in [3.8, 4) is 5.75 Å². The van der Waals surface area contributed by atoms with Crippen LogP contribution in [0.15, 0.2) is 17.0 Å². The Kier molecular flexibility index (Phi) is 7.23. The molecule has 1 aliphatic heterocycles. The molecule has 9 heteroatoms. The Labute approximate surface area is 147 Å². The molecule has 0 bridgehead atoms. The van der Waals surface area contributed by atoms with Crippen molar-refractivity contribution in [1.29, 1.82) is 0 Å². The summed E-state index contributed by atoms with van der Waals surface area (Å²) in [5.41, 5.74) is 0. The van der Waals surface area contributed by atoms with Gasteiger partial charge in [-0.2, -0.15) is 0 Å². The zero-order chi connectivity index (χ0) is 15.6. The third-order valence-electron chi connectivity index (χ3n) is 3.59. The van der Waals surface area contributed by atoms with Gasteiger partial charge in [0.2, 0.25) is 10.0 Å². The molecule has 1 aromatic rings. The highest BCUT2D eigenvalue weighted by Crippen LogP contribution is 2.33. The van der Waals surface area contributed by atoms with E-state index in [-0.39, 0.29) is 39.3 Å². The first-order valence-electron chi connectivity index (χ1n) is 6.61. The van der Waals surface area contributed by atoms with E-state index in [0.717, 1.165) is 19.5 Å². The first kappa shape index (κ1) is 19.8. The molecular weight excluding hydrogens is 371 g/mol. The maximum atomic E-state index is 12.5. The Morgan fingerprint density at radius 3 is 2.59 bits per heavy atom. The lowest BCUT2D eigenvalue weighted by molar-refractivity contribution is 0.328. The van der Waals surface area contributed by atoms with E-state index in [9.17, 15) is 8.42 Å². The van der Waals surface area contributed by atoms with Crippen LogP contribution >= 0.6 is 35.6 Å². The van der Waals surface area contributed by atoms with Gasteiger partial charge in [-0.05, 0) is 31.5 Å². The maximum Gasteiger partial charge on any atom is 0.242 e. The summed E-state index contributed by atoms with van der Waals surface area (Å²) in [5.74, 6) is 0.553. The van der Waals surface area contributed by atoms with Crippen LogP contribution in [0.25, 0.3) is 0 Å². The van der Waals surface area contributed by atoms with E-state index in [1.807, 2.05) is 6.92 Å². The summed E-state index contributed by atoms with van der Waals surface area (Å²) >= 11 is 12.0. The molecule has 1 heterocycles. The van der Waals surface area contributed by atoms with Gasteiger partial charge in [-0.3, -0.25) is 0 Å². The quantitative estimate of drug-likeness (QED) is 0.831. The molecule has 0 saturated carbocycles. The Hall–Kier alpha value is -0.240. The van der Waals surface area contributed by atoms with Crippen molar-refractivity contribution in [1.82, 2.24) is 10.0 Å². The summed E-state index contributed by atoms with van der Waals surface area (Å²) in [6, 6.07) is 2.61. The molecule has 1 aliphatic rings. The molecule has 22 heavy (non-hydrogen) atoms. The molecule has 1 aromatic carbocycles. The van der Waals surface area contributed by atoms with Gasteiger partial charge in [0.1, 0.15) is 10.6 Å². The first-order chi connectivity index (χ1) is 9.85. The molecule has 2 rings (SSSR count). The summed E-state index contributed by atoms with van der Waals surface area (Å²) < 4.78 is 32.7. The molecule has 1 fully saturated rings. The second kappa shape index (κ2) is 8.04. The van der Waals surface area contributed by atoms with Gasteiger partial charge in [0.25, 0.3) is 0 Å². The van der Waals surface area contributed by atoms with Gasteiger partial charge in [0.05, 0.1) is 17.2 Å². The zero-order valence-corrected chi connectivity index (χ0v) is 15.4. The lowest BCUT2D eigenvalue weighted by Crippen LogP contribution is -2.48. The van der Waals surface area contributed by atoms with Crippen molar-refractivity contribution in [2.45, 2.75) is 24.3 Å². The van der Waals surface area contributed by atoms with E-state index in [2.05, 4.69) is 10.0 Å². The lowest BCUT2D eigenvalue weighted by atomic mass is 9.97. The first-order valence-corrected chi connectivity index (χ1v) is 8.85. The van der Waals surface area contributed by atoms with Crippen molar-refractivity contribution in [3.63, 3.8) is 0 Å². The van der Waals surface area contributed by atoms with Gasteiger partial charge in [-0.15, -0.1) is 12.4 Å². The number of rotatable bonds is 4. The van der Waals surface area contributed by atoms with Crippen LogP contribution in [0, 0.1) is 5.92 Å². The third kappa shape index (κ3) is 4.40. The Bertz CT molecular complexity index is 625. The SMILES string of the molecule is COc1cc(Cl)c(S(=O)(=O)NC2CCNCC2C)cc1Cl.Cl. The van der Waals surface area contributed by atoms with Crippen molar-refractivity contribution >= 4 is 45.6 Å². The fourth-order valence-corrected chi connectivity index (χ4v) is 4.55. The molecule has 2 atom stereocenters. The molecule has 2 unspecified atom stereocenters. The van der Waals surface area contributed by atoms with Crippen molar-refractivity contribution < 1.29 is 13.2 Å². The number of hydrogen-bond donors (Lipinski definition) is 2. The van der Waals surface area contributed by atoms with Gasteiger partial charge in [0, 0.05) is 12.1 Å². The van der Waals surface area contributed by atoms with Crippen LogP contribution in [0.3, 0.4) is 0 Å². The zero-order valence-electron chi connectivity index (χ0n) is 12.2. The number of sulfonamides is 1. The van der Waals surface area contributed by atoms with E-state index in [4.69, 9.17) is 27.9 Å². The van der Waals surface area contributed by atoms with Crippen LogP contribution in [0.4, 0.5) is 0 Å². The topological polar surface area (TPSA) is 67.4 Å². The number of hydrogen-bond acceptors (Lipinski definition) is 4. The van der Waals surface area contributed by atoms with Crippen LogP contribution in [0.2, 0.25) is 10.0 Å². The van der Waals surface area contributed by atoms with E-state index < -0.39 is 10.0 Å². The normalized spacial score (nSPS) is 22.0. The summed E-state index contributed by atoms with van der Waals surface area (Å²) in [6.45, 7) is 3.57. The molecule has 0 radical (unpaired) electrons. The number of piperidine rings is 1. The van der Waals surface area contributed by atoms with E-state index in [0.29, 0.717) is 5.75 Å². The monoisotopic (exact) mass is 388 g/mol. The number of methoxy groups -OCH3 is 1. The van der Waals surface area contributed by atoms with Gasteiger partial charge in [-0.1, -0.05) is 30.1 Å². The predicted octanol–water partition coefficient (Wildman–Crippen LogP) is 2.70. The number of benzene rings is 1. The number of halogens is 3. The lowest BCUT2D eigenvalue weighted by Gasteiger charge is -2.30. The number of ether oxygens (including phenoxy) is 1. The Morgan fingerprint density at radius 2 is 2.00 bits per heavy atom. The van der Waals surface area contributed by atoms with Gasteiger partial charge in [0.15, 0.2) is 0 Å². The molecule has 126 valence electrons. The van der Waals surface area contributed by atoms with Crippen LogP contribution in [-0.2, 0) is 10.0 Å². The largest absolute Gasteiger partial charge is 0.495 e. The average Bonchev–Trinajstić information content (AvgIpc) is 2.43. The molecule has 0 spiro atoms. The molecule has 0 aliphatic carbocycles. The third-order valence-corrected chi connectivity index (χ3v) is 5.84. The Balaban J connectivity index is 0.00000242. The average molecular weight is 390 g/mol. The van der Waals surface area contributed by atoms with Crippen LogP contribution < -0.4 is 14.8 Å². The summed E-state index contributed by atoms with van der Waals surface area (Å²) in [5, 5.41) is 3.52. The minimum atomic E-state index is -3.72. The fourth-order valence-electron chi connectivity index (χ4n) is 2.32. The summed E-state index contributed by atoms with van der Waals surface area (Å²) in [4.78, 5) is -0.0271. The summed E-state index contributed by atoms with van der Waals surface area (Å²) in [7, 11) is -2.28. The van der Waals surface area contributed by atoms with Crippen molar-refractivity contribution in [2.75, 3.05) is 20.2 Å². The minimum Gasteiger partial charge on any atom is -0.495 e. The molecule has 5 nitrogen and oxygen atoms in total. The van der Waals surface area contributed by atoms with Crippen LogP contribution in [0.1, 0.15) is 13.3 Å². The minimum absolute atomic E-state index is 0. The highest BCUT2D eigenvalue weighted by Gasteiger charge is 2.28. The Morgan fingerprint density at radius 1 is 1.32 bits per heavy atom. The summed E-state index contributed by atoms with van der Waals surface area (Å²) in [6.07, 6.45) is 0.738. The van der Waals surface area contributed by atoms with Crippen LogP contribution in [0.5, 0.6) is 5.75 Å². The van der Waals surface area contributed by atoms with Gasteiger partial charge in [-0.25, -0.2) is 13.1 Å². The van der Waals surface area contributed by atoms with E-state index in [1.54, 1.807) is 0 Å². The van der Waals surface area contributed by atoms with E-state index >= 15 is 0 Å². The molecule has 0 amide bonds. The number of nitrogens with one attached hydrogen (secondary N) is 2. The fraction of sp³-hybridized carbons (Fsp3) is 0.538. The molecule has 2 N–H and O–H groups in total. The smallest absolute Gasteiger partial charge is 0.242 e.